The van der Waals surface area contributed by atoms with Crippen molar-refractivity contribution in [3.8, 4) is 0 Å². The normalized spacial score (nSPS) is 20.2. The fraction of sp³-hybridized carbons (Fsp3) is 0.350. The van der Waals surface area contributed by atoms with Crippen LogP contribution in [0.1, 0.15) is 43.5 Å². The Balaban J connectivity index is 2.11. The van der Waals surface area contributed by atoms with Gasteiger partial charge in [-0.05, 0) is 29.5 Å². The molecule has 1 fully saturated rings. The van der Waals surface area contributed by atoms with Crippen molar-refractivity contribution in [1.29, 1.82) is 0 Å². The van der Waals surface area contributed by atoms with E-state index in [9.17, 15) is 31.1 Å². The highest BCUT2D eigenvalue weighted by Crippen LogP contribution is 2.38. The molecule has 1 saturated carbocycles. The lowest BCUT2D eigenvalue weighted by Gasteiger charge is -2.31. The number of hydrogen-bond acceptors (Lipinski definition) is 3. The maximum atomic E-state index is 13.3. The molecule has 0 saturated heterocycles. The molecule has 0 spiro atoms. The van der Waals surface area contributed by atoms with Gasteiger partial charge in [0.05, 0.1) is 11.3 Å². The minimum atomic E-state index is -4.66. The lowest BCUT2D eigenvalue weighted by Crippen LogP contribution is -2.31. The van der Waals surface area contributed by atoms with Crippen LogP contribution in [0.25, 0.3) is 6.08 Å². The van der Waals surface area contributed by atoms with Gasteiger partial charge in [-0.3, -0.25) is 9.89 Å². The molecule has 0 unspecified atom stereocenters. The Morgan fingerprint density at radius 3 is 2.33 bits per heavy atom. The number of aromatic amines is 1. The zero-order valence-electron chi connectivity index (χ0n) is 15.9. The number of nitrogens with zero attached hydrogens (tertiary/aromatic N) is 2. The zero-order chi connectivity index (χ0) is 22.3. The van der Waals surface area contributed by atoms with Gasteiger partial charge >= 0.3 is 12.4 Å². The second-order valence-corrected chi connectivity index (χ2v) is 7.78. The summed E-state index contributed by atoms with van der Waals surface area (Å²) < 4.78 is 78.3. The van der Waals surface area contributed by atoms with E-state index < -0.39 is 34.8 Å². The molecule has 1 aromatic heterocycles. The van der Waals surface area contributed by atoms with Crippen LogP contribution >= 0.6 is 0 Å². The molecule has 0 aliphatic heterocycles. The van der Waals surface area contributed by atoms with E-state index >= 15 is 0 Å². The summed E-state index contributed by atoms with van der Waals surface area (Å²) in [5.41, 5.74) is -2.79. The second-order valence-electron chi connectivity index (χ2n) is 7.78. The number of rotatable bonds is 2. The fourth-order valence-electron chi connectivity index (χ4n) is 3.25. The van der Waals surface area contributed by atoms with E-state index in [0.717, 1.165) is 12.1 Å². The fourth-order valence-corrected chi connectivity index (χ4v) is 3.25. The summed E-state index contributed by atoms with van der Waals surface area (Å²) in [6.07, 6.45) is -7.94. The summed E-state index contributed by atoms with van der Waals surface area (Å²) in [5, 5.41) is 5.32. The number of aliphatic imine (C=N–C) groups is 1. The number of Topliss-reactive ketones (excluding diaryl/α,β-unsaturated/α-hetero) is 1. The van der Waals surface area contributed by atoms with E-state index in [4.69, 9.17) is 0 Å². The van der Waals surface area contributed by atoms with Crippen molar-refractivity contribution in [3.05, 3.63) is 52.7 Å². The first-order valence-corrected chi connectivity index (χ1v) is 8.88. The number of nitrogens with one attached hydrogen (secondary N) is 1. The van der Waals surface area contributed by atoms with E-state index in [-0.39, 0.29) is 35.5 Å². The average Bonchev–Trinajstić information content (AvgIpc) is 3.05. The third-order valence-electron chi connectivity index (χ3n) is 4.58. The summed E-state index contributed by atoms with van der Waals surface area (Å²) in [6.45, 7) is 3.54. The van der Waals surface area contributed by atoms with Gasteiger partial charge in [-0.1, -0.05) is 32.0 Å². The number of hydrogen-bond donors (Lipinski definition) is 1. The predicted molar refractivity (Wildman–Crippen MR) is 98.1 cm³/mol. The molecule has 0 radical (unpaired) electrons. The molecule has 1 aliphatic carbocycles. The smallest absolute Gasteiger partial charge is 0.294 e. The van der Waals surface area contributed by atoms with Gasteiger partial charge in [0.15, 0.2) is 11.6 Å². The van der Waals surface area contributed by atoms with E-state index in [1.807, 2.05) is 5.10 Å². The number of benzene rings is 1. The van der Waals surface area contributed by atoms with Crippen LogP contribution in [-0.4, -0.2) is 21.7 Å². The Morgan fingerprint density at radius 1 is 1.07 bits per heavy atom. The Morgan fingerprint density at radius 2 is 1.73 bits per heavy atom. The molecule has 1 N–H and O–H groups in total. The third kappa shape index (κ3) is 4.80. The number of halogens is 6. The first-order valence-electron chi connectivity index (χ1n) is 8.88. The quantitative estimate of drug-likeness (QED) is 0.471. The predicted octanol–water partition coefficient (Wildman–Crippen LogP) is 5.99. The Hall–Kier alpha value is -2.91. The van der Waals surface area contributed by atoms with Crippen molar-refractivity contribution in [1.82, 2.24) is 10.2 Å². The Bertz CT molecular complexity index is 1030. The van der Waals surface area contributed by atoms with Gasteiger partial charge in [0.1, 0.15) is 5.69 Å². The molecule has 160 valence electrons. The van der Waals surface area contributed by atoms with Gasteiger partial charge in [-0.25, -0.2) is 4.99 Å². The summed E-state index contributed by atoms with van der Waals surface area (Å²) in [4.78, 5) is 16.8. The van der Waals surface area contributed by atoms with E-state index in [2.05, 4.69) is 10.1 Å². The molecule has 0 atom stereocenters. The minimum Gasteiger partial charge on any atom is -0.294 e. The van der Waals surface area contributed by atoms with Crippen molar-refractivity contribution in [3.63, 3.8) is 0 Å². The van der Waals surface area contributed by atoms with Crippen LogP contribution in [0, 0.1) is 5.41 Å². The number of carbonyl (C=O) groups is 1. The minimum absolute atomic E-state index is 0.0671. The molecule has 0 bridgehead atoms. The van der Waals surface area contributed by atoms with Crippen molar-refractivity contribution in [2.45, 2.75) is 39.0 Å². The van der Waals surface area contributed by atoms with Crippen LogP contribution in [-0.2, 0) is 17.1 Å². The van der Waals surface area contributed by atoms with Gasteiger partial charge in [-0.15, -0.1) is 0 Å². The molecule has 30 heavy (non-hydrogen) atoms. The molecule has 1 heterocycles. The zero-order valence-corrected chi connectivity index (χ0v) is 15.9. The maximum absolute atomic E-state index is 13.3. The summed E-state index contributed by atoms with van der Waals surface area (Å²) in [7, 11) is 0. The van der Waals surface area contributed by atoms with Crippen LogP contribution in [0.2, 0.25) is 0 Å². The van der Waals surface area contributed by atoms with E-state index in [0.29, 0.717) is 6.07 Å². The average molecular weight is 429 g/mol. The van der Waals surface area contributed by atoms with E-state index in [1.165, 1.54) is 18.2 Å². The van der Waals surface area contributed by atoms with Crippen LogP contribution in [0.5, 0.6) is 0 Å². The van der Waals surface area contributed by atoms with Crippen molar-refractivity contribution >= 4 is 23.4 Å². The van der Waals surface area contributed by atoms with Gasteiger partial charge in [-0.2, -0.15) is 31.4 Å². The summed E-state index contributed by atoms with van der Waals surface area (Å²) in [6, 6.07) is 5.42. The molecule has 1 aromatic carbocycles. The summed E-state index contributed by atoms with van der Waals surface area (Å²) in [5.74, 6) is -0.744. The highest BCUT2D eigenvalue weighted by Gasteiger charge is 2.37. The molecule has 1 aliphatic rings. The van der Waals surface area contributed by atoms with Gasteiger partial charge < -0.3 is 0 Å². The monoisotopic (exact) mass is 429 g/mol. The highest BCUT2D eigenvalue weighted by atomic mass is 19.4. The number of alkyl halides is 6. The molecule has 0 amide bonds. The van der Waals surface area contributed by atoms with Crippen LogP contribution < -0.4 is 0 Å². The molecular formula is C20H17F6N3O. The Labute approximate surface area is 167 Å². The highest BCUT2D eigenvalue weighted by molar-refractivity contribution is 6.27. The number of H-pyrrole nitrogens is 1. The second kappa shape index (κ2) is 7.41. The van der Waals surface area contributed by atoms with Gasteiger partial charge in [0.25, 0.3) is 0 Å². The van der Waals surface area contributed by atoms with Crippen LogP contribution in [0.3, 0.4) is 0 Å². The number of allylic oxidation sites excluding steroid dienone is 1. The summed E-state index contributed by atoms with van der Waals surface area (Å²) >= 11 is 0. The topological polar surface area (TPSA) is 58.1 Å². The van der Waals surface area contributed by atoms with Gasteiger partial charge in [0, 0.05) is 18.1 Å². The van der Waals surface area contributed by atoms with Crippen LogP contribution in [0.15, 0.2) is 40.9 Å². The third-order valence-corrected chi connectivity index (χ3v) is 4.58. The van der Waals surface area contributed by atoms with Crippen molar-refractivity contribution in [2.24, 2.45) is 10.4 Å². The molecule has 3 rings (SSSR count). The number of carbonyl (C=O) groups excluding carboxylic acids is 1. The lowest BCUT2D eigenvalue weighted by atomic mass is 9.73. The van der Waals surface area contributed by atoms with E-state index in [1.54, 1.807) is 13.8 Å². The Kier molecular flexibility index (Phi) is 5.38. The number of ketones is 1. The van der Waals surface area contributed by atoms with Crippen molar-refractivity contribution < 1.29 is 31.1 Å². The first kappa shape index (κ1) is 21.8. The lowest BCUT2D eigenvalue weighted by molar-refractivity contribution is -0.141. The largest absolute Gasteiger partial charge is 0.432 e. The standard InChI is InChI=1S/C20H17F6N3O/c1-18(2)9-14(27-17-8-16(28-29-17)20(24,25)26)12(15(30)10-18)7-11-5-3-4-6-13(11)19(21,22)23/h3-8H,9-10H2,1-2H3,(H,28,29)/b12-7-,27-14?. The molecular weight excluding hydrogens is 412 g/mol. The maximum Gasteiger partial charge on any atom is 0.432 e. The number of aromatic nitrogens is 2. The molecule has 2 aromatic rings. The first-order chi connectivity index (χ1) is 13.8. The molecule has 10 heteroatoms. The molecule has 4 nitrogen and oxygen atoms in total. The van der Waals surface area contributed by atoms with Crippen molar-refractivity contribution in [2.75, 3.05) is 0 Å². The van der Waals surface area contributed by atoms with Crippen LogP contribution in [0.4, 0.5) is 32.2 Å². The van der Waals surface area contributed by atoms with Gasteiger partial charge in [0.2, 0.25) is 0 Å². The SMILES string of the molecule is CC1(C)CC(=O)/C(=C\c2ccccc2C(F)(F)F)C(=Nc2cc(C(F)(F)F)[nH]n2)C1.